The second-order valence-corrected chi connectivity index (χ2v) is 6.81. The molecule has 0 heterocycles. The first kappa shape index (κ1) is 24.9. The van der Waals surface area contributed by atoms with Crippen molar-refractivity contribution in [3.05, 3.63) is 29.8 Å². The number of ether oxygens (including phenoxy) is 2. The van der Waals surface area contributed by atoms with Gasteiger partial charge in [0, 0.05) is 26.7 Å². The van der Waals surface area contributed by atoms with Crippen LogP contribution in [0, 0.1) is 0 Å². The average Bonchev–Trinajstić information content (AvgIpc) is 2.57. The van der Waals surface area contributed by atoms with Crippen LogP contribution in [0.5, 0.6) is 5.75 Å². The van der Waals surface area contributed by atoms with Gasteiger partial charge in [0.25, 0.3) is 0 Å². The molecule has 2 N–H and O–H groups in total. The lowest BCUT2D eigenvalue weighted by atomic mass is 10.1. The number of aliphatic imine (C=N–C) groups is 1. The van der Waals surface area contributed by atoms with E-state index in [4.69, 9.17) is 9.47 Å². The topological polar surface area (TPSA) is 58.1 Å². The highest BCUT2D eigenvalue weighted by molar-refractivity contribution is 14.0. The van der Waals surface area contributed by atoms with Crippen molar-refractivity contribution in [1.29, 1.82) is 0 Å². The first-order valence-electron chi connectivity index (χ1n) is 8.80. The van der Waals surface area contributed by atoms with Crippen LogP contribution in [0.3, 0.4) is 0 Å². The second-order valence-electron chi connectivity index (χ2n) is 6.81. The van der Waals surface area contributed by atoms with Crippen LogP contribution in [0.2, 0.25) is 0 Å². The number of nitrogens with zero attached hydrogens (tertiary/aromatic N) is 2. The summed E-state index contributed by atoms with van der Waals surface area (Å²) in [6.45, 7) is 9.79. The standard InChI is InChI=1S/C19H34N4O2.HI/c1-7-20-18(22-15-19(2,3)24-6)21-14-16-9-8-10-17(13-16)25-12-11-23(4)5;/h8-10,13H,7,11-12,14-15H2,1-6H3,(H2,20,21,22);1H. The summed E-state index contributed by atoms with van der Waals surface area (Å²) in [4.78, 5) is 6.75. The quantitative estimate of drug-likeness (QED) is 0.308. The summed E-state index contributed by atoms with van der Waals surface area (Å²) in [5, 5.41) is 6.58. The fourth-order valence-electron chi connectivity index (χ4n) is 1.96. The van der Waals surface area contributed by atoms with Crippen LogP contribution >= 0.6 is 24.0 Å². The van der Waals surface area contributed by atoms with Crippen molar-refractivity contribution in [2.45, 2.75) is 32.9 Å². The Morgan fingerprint density at radius 2 is 1.96 bits per heavy atom. The third kappa shape index (κ3) is 10.8. The lowest BCUT2D eigenvalue weighted by Gasteiger charge is -2.24. The van der Waals surface area contributed by atoms with Crippen molar-refractivity contribution in [1.82, 2.24) is 15.5 Å². The summed E-state index contributed by atoms with van der Waals surface area (Å²) in [6.07, 6.45) is 0. The highest BCUT2D eigenvalue weighted by atomic mass is 127. The molecule has 0 aliphatic heterocycles. The van der Waals surface area contributed by atoms with Gasteiger partial charge < -0.3 is 25.0 Å². The van der Waals surface area contributed by atoms with Gasteiger partial charge in [-0.25, -0.2) is 4.99 Å². The van der Waals surface area contributed by atoms with Crippen LogP contribution in [0.15, 0.2) is 29.3 Å². The molecule has 1 aromatic carbocycles. The summed E-state index contributed by atoms with van der Waals surface area (Å²) in [5.41, 5.74) is 0.877. The Labute approximate surface area is 175 Å². The SMILES string of the molecule is CCNC(=NCc1cccc(OCCN(C)C)c1)NCC(C)(C)OC.I. The number of likely N-dealkylation sites (N-methyl/N-ethyl adjacent to an activating group) is 1. The van der Waals surface area contributed by atoms with Gasteiger partial charge >= 0.3 is 0 Å². The summed E-state index contributed by atoms with van der Waals surface area (Å²) in [6, 6.07) is 8.09. The number of rotatable bonds is 10. The molecule has 150 valence electrons. The van der Waals surface area contributed by atoms with Gasteiger partial charge in [-0.2, -0.15) is 0 Å². The number of benzene rings is 1. The average molecular weight is 478 g/mol. The maximum atomic E-state index is 5.78. The van der Waals surface area contributed by atoms with E-state index in [1.807, 2.05) is 46.1 Å². The molecule has 0 aliphatic rings. The van der Waals surface area contributed by atoms with Crippen LogP contribution in [0.4, 0.5) is 0 Å². The molecule has 0 radical (unpaired) electrons. The smallest absolute Gasteiger partial charge is 0.191 e. The Balaban J connectivity index is 0.00000625. The van der Waals surface area contributed by atoms with Gasteiger partial charge in [-0.05, 0) is 52.6 Å². The highest BCUT2D eigenvalue weighted by Crippen LogP contribution is 2.14. The number of guanidine groups is 1. The molecule has 0 bridgehead atoms. The van der Waals surface area contributed by atoms with Crippen LogP contribution in [0.1, 0.15) is 26.3 Å². The fourth-order valence-corrected chi connectivity index (χ4v) is 1.96. The number of halogens is 1. The Bertz CT molecular complexity index is 536. The minimum absolute atomic E-state index is 0. The number of hydrogen-bond donors (Lipinski definition) is 2. The monoisotopic (exact) mass is 478 g/mol. The van der Waals surface area contributed by atoms with E-state index in [0.29, 0.717) is 19.7 Å². The normalized spacial score (nSPS) is 11.9. The van der Waals surface area contributed by atoms with Gasteiger partial charge in [-0.3, -0.25) is 0 Å². The van der Waals surface area contributed by atoms with Gasteiger partial charge in [0.2, 0.25) is 0 Å². The van der Waals surface area contributed by atoms with Crippen LogP contribution in [-0.2, 0) is 11.3 Å². The zero-order chi connectivity index (χ0) is 18.7. The van der Waals surface area contributed by atoms with Gasteiger partial charge in [-0.1, -0.05) is 12.1 Å². The molecule has 0 amide bonds. The van der Waals surface area contributed by atoms with Gasteiger partial charge in [0.05, 0.1) is 12.1 Å². The van der Waals surface area contributed by atoms with E-state index in [1.54, 1.807) is 7.11 Å². The molecular formula is C19H35IN4O2. The van der Waals surface area contributed by atoms with Crippen molar-refractivity contribution in [3.8, 4) is 5.75 Å². The molecule has 0 unspecified atom stereocenters. The molecule has 1 aromatic rings. The highest BCUT2D eigenvalue weighted by Gasteiger charge is 2.16. The van der Waals surface area contributed by atoms with Crippen LogP contribution < -0.4 is 15.4 Å². The van der Waals surface area contributed by atoms with Crippen molar-refractivity contribution < 1.29 is 9.47 Å². The van der Waals surface area contributed by atoms with E-state index in [-0.39, 0.29) is 29.6 Å². The minimum Gasteiger partial charge on any atom is -0.492 e. The molecule has 1 rings (SSSR count). The molecule has 0 aromatic heterocycles. The Hall–Kier alpha value is -1.06. The van der Waals surface area contributed by atoms with E-state index >= 15 is 0 Å². The van der Waals surface area contributed by atoms with E-state index in [2.05, 4.69) is 33.5 Å². The van der Waals surface area contributed by atoms with Crippen molar-refractivity contribution in [2.24, 2.45) is 4.99 Å². The second kappa shape index (κ2) is 13.2. The fraction of sp³-hybridized carbons (Fsp3) is 0.632. The Morgan fingerprint density at radius 1 is 1.23 bits per heavy atom. The molecule has 0 fully saturated rings. The van der Waals surface area contributed by atoms with Crippen molar-refractivity contribution >= 4 is 29.9 Å². The molecule has 0 saturated carbocycles. The zero-order valence-corrected chi connectivity index (χ0v) is 19.3. The number of nitrogens with one attached hydrogen (secondary N) is 2. The number of hydrogen-bond acceptors (Lipinski definition) is 4. The minimum atomic E-state index is -0.240. The van der Waals surface area contributed by atoms with E-state index in [1.165, 1.54) is 0 Å². The summed E-state index contributed by atoms with van der Waals surface area (Å²) in [5.74, 6) is 1.67. The van der Waals surface area contributed by atoms with Gasteiger partial charge in [-0.15, -0.1) is 24.0 Å². The zero-order valence-electron chi connectivity index (χ0n) is 17.0. The van der Waals surface area contributed by atoms with E-state index in [0.717, 1.165) is 30.4 Å². The molecule has 0 saturated heterocycles. The van der Waals surface area contributed by atoms with Crippen LogP contribution in [-0.4, -0.2) is 63.9 Å². The van der Waals surface area contributed by atoms with Gasteiger partial charge in [0.1, 0.15) is 12.4 Å². The van der Waals surface area contributed by atoms with Crippen molar-refractivity contribution in [3.63, 3.8) is 0 Å². The Morgan fingerprint density at radius 3 is 2.58 bits per heavy atom. The summed E-state index contributed by atoms with van der Waals surface area (Å²) < 4.78 is 11.2. The maximum absolute atomic E-state index is 5.78. The first-order valence-corrected chi connectivity index (χ1v) is 8.80. The maximum Gasteiger partial charge on any atom is 0.191 e. The molecule has 26 heavy (non-hydrogen) atoms. The third-order valence-electron chi connectivity index (χ3n) is 3.70. The molecule has 0 atom stereocenters. The first-order chi connectivity index (χ1) is 11.9. The predicted octanol–water partition coefficient (Wildman–Crippen LogP) is 2.73. The largest absolute Gasteiger partial charge is 0.492 e. The molecular weight excluding hydrogens is 443 g/mol. The lowest BCUT2D eigenvalue weighted by Crippen LogP contribution is -2.45. The molecule has 0 aliphatic carbocycles. The Kier molecular flexibility index (Phi) is 12.6. The molecule has 7 heteroatoms. The molecule has 6 nitrogen and oxygen atoms in total. The number of methoxy groups -OCH3 is 1. The third-order valence-corrected chi connectivity index (χ3v) is 3.70. The molecule has 0 spiro atoms. The summed E-state index contributed by atoms with van der Waals surface area (Å²) in [7, 11) is 5.79. The predicted molar refractivity (Wildman–Crippen MR) is 120 cm³/mol. The summed E-state index contributed by atoms with van der Waals surface area (Å²) >= 11 is 0. The van der Waals surface area contributed by atoms with E-state index < -0.39 is 0 Å². The van der Waals surface area contributed by atoms with E-state index in [9.17, 15) is 0 Å². The van der Waals surface area contributed by atoms with Gasteiger partial charge in [0.15, 0.2) is 5.96 Å². The van der Waals surface area contributed by atoms with Crippen LogP contribution in [0.25, 0.3) is 0 Å². The lowest BCUT2D eigenvalue weighted by molar-refractivity contribution is 0.0268. The van der Waals surface area contributed by atoms with Crippen molar-refractivity contribution in [2.75, 3.05) is 47.4 Å².